The minimum atomic E-state index is -0.461. The quantitative estimate of drug-likeness (QED) is 0.232. The molecule has 8 nitrogen and oxygen atoms in total. The molecule has 4 aromatic rings. The average molecular weight is 662 g/mol. The molecule has 254 valence electrons. The highest BCUT2D eigenvalue weighted by atomic mass is 19.1. The Morgan fingerprint density at radius 1 is 1.04 bits per heavy atom. The van der Waals surface area contributed by atoms with E-state index < -0.39 is 5.82 Å². The number of nitrogens with one attached hydrogen (secondary N) is 1. The largest absolute Gasteiger partial charge is 0.508 e. The predicted octanol–water partition coefficient (Wildman–Crippen LogP) is 6.04. The van der Waals surface area contributed by atoms with Crippen molar-refractivity contribution in [3.05, 3.63) is 53.3 Å². The molecule has 9 heteroatoms. The van der Waals surface area contributed by atoms with Gasteiger partial charge in [0.05, 0.1) is 30.9 Å². The zero-order valence-electron chi connectivity index (χ0n) is 28.6. The van der Waals surface area contributed by atoms with E-state index in [9.17, 15) is 9.50 Å². The maximum atomic E-state index is 15.0. The lowest BCUT2D eigenvalue weighted by atomic mass is 9.71. The molecule has 49 heavy (non-hydrogen) atoms. The Balaban J connectivity index is 1.09. The van der Waals surface area contributed by atoms with Gasteiger partial charge >= 0.3 is 6.01 Å². The van der Waals surface area contributed by atoms with Crippen molar-refractivity contribution < 1.29 is 19.0 Å². The smallest absolute Gasteiger partial charge is 0.318 e. The molecule has 0 radical (unpaired) electrons. The van der Waals surface area contributed by atoms with Gasteiger partial charge < -0.3 is 29.7 Å². The second-order valence-electron chi connectivity index (χ2n) is 16.3. The normalized spacial score (nSPS) is 28.7. The summed E-state index contributed by atoms with van der Waals surface area (Å²) in [5, 5.41) is 16.7. The molecule has 2 N–H and O–H groups in total. The van der Waals surface area contributed by atoms with E-state index in [0.717, 1.165) is 86.6 Å². The van der Waals surface area contributed by atoms with Gasteiger partial charge in [0.1, 0.15) is 17.4 Å². The lowest BCUT2D eigenvalue weighted by Gasteiger charge is -2.34. The molecular weight excluding hydrogens is 617 g/mol. The van der Waals surface area contributed by atoms with Crippen LogP contribution in [0.25, 0.3) is 32.8 Å². The van der Waals surface area contributed by atoms with Crippen LogP contribution in [0.3, 0.4) is 0 Å². The van der Waals surface area contributed by atoms with E-state index in [1.807, 2.05) is 13.0 Å². The first-order valence-corrected chi connectivity index (χ1v) is 17.7. The predicted molar refractivity (Wildman–Crippen MR) is 190 cm³/mol. The zero-order valence-corrected chi connectivity index (χ0v) is 28.6. The topological polar surface area (TPSA) is 83.0 Å². The molecule has 5 fully saturated rings. The number of ether oxygens (including phenoxy) is 2. The number of anilines is 1. The van der Waals surface area contributed by atoms with Gasteiger partial charge in [-0.3, -0.25) is 0 Å². The molecular formula is C40H44FN5O3. The monoisotopic (exact) mass is 661 g/mol. The summed E-state index contributed by atoms with van der Waals surface area (Å²) in [5.74, 6) is 3.07. The number of piperazine rings is 1. The third-order valence-electron chi connectivity index (χ3n) is 12.5. The third-order valence-corrected chi connectivity index (χ3v) is 12.5. The van der Waals surface area contributed by atoms with Crippen LogP contribution in [0.1, 0.15) is 50.7 Å². The van der Waals surface area contributed by atoms with Crippen molar-refractivity contribution in [2.24, 2.45) is 16.2 Å². The fourth-order valence-corrected chi connectivity index (χ4v) is 9.29. The Hall–Kier alpha value is -3.97. The molecule has 0 amide bonds. The zero-order chi connectivity index (χ0) is 33.7. The number of aryl methyl sites for hydroxylation is 1. The Bertz CT molecular complexity index is 2030. The van der Waals surface area contributed by atoms with Crippen molar-refractivity contribution in [1.29, 1.82) is 0 Å². The molecule has 1 aromatic heterocycles. The number of benzene rings is 3. The Morgan fingerprint density at radius 3 is 2.47 bits per heavy atom. The van der Waals surface area contributed by atoms with Crippen LogP contribution in [-0.4, -0.2) is 84.6 Å². The van der Waals surface area contributed by atoms with Crippen molar-refractivity contribution in [2.75, 3.05) is 57.4 Å². The minimum Gasteiger partial charge on any atom is -0.508 e. The molecule has 9 rings (SSSR count). The van der Waals surface area contributed by atoms with Gasteiger partial charge in [0.25, 0.3) is 0 Å². The number of rotatable bonds is 7. The van der Waals surface area contributed by atoms with Crippen LogP contribution >= 0.6 is 0 Å². The molecule has 2 bridgehead atoms. The standard InChI is InChI=1S/C40H44FN5O3/c1-5-29-33(41)9-6-25-13-28(47)14-31(35(25)29)30-15-34-32(12-24(30)2)36(46-16-26-7-8-27(17-46)42-26)44-37(43-34)49-23-40(10-11-40)20-45-18-38(3)21-48-22-39(38,4)19-45/h1,6,9,12-15,26-27,42,47H,7-8,10-11,16-23H2,2-4H3/t26?,27?,38-,39+. The number of terminal acetylenes is 1. The lowest BCUT2D eigenvalue weighted by Crippen LogP contribution is -2.51. The van der Waals surface area contributed by atoms with E-state index in [0.29, 0.717) is 41.0 Å². The molecule has 5 aliphatic rings. The van der Waals surface area contributed by atoms with Crippen molar-refractivity contribution >= 4 is 27.5 Å². The number of hydrogen-bond donors (Lipinski definition) is 2. The summed E-state index contributed by atoms with van der Waals surface area (Å²) >= 11 is 0. The first-order valence-electron chi connectivity index (χ1n) is 17.7. The highest BCUT2D eigenvalue weighted by Gasteiger charge is 2.57. The summed E-state index contributed by atoms with van der Waals surface area (Å²) in [4.78, 5) is 15.2. The number of halogens is 1. The first-order chi connectivity index (χ1) is 23.5. The van der Waals surface area contributed by atoms with E-state index in [-0.39, 0.29) is 27.6 Å². The number of fused-ring (bicyclic) bond motifs is 5. The highest BCUT2D eigenvalue weighted by molar-refractivity contribution is 6.04. The summed E-state index contributed by atoms with van der Waals surface area (Å²) < 4.78 is 27.5. The molecule has 1 aliphatic carbocycles. The third kappa shape index (κ3) is 5.14. The van der Waals surface area contributed by atoms with Gasteiger partial charge in [0.15, 0.2) is 0 Å². The van der Waals surface area contributed by atoms with Gasteiger partial charge in [-0.2, -0.15) is 9.97 Å². The van der Waals surface area contributed by atoms with Crippen molar-refractivity contribution in [3.8, 4) is 35.2 Å². The number of hydrogen-bond acceptors (Lipinski definition) is 8. The molecule has 5 heterocycles. The Kier molecular flexibility index (Phi) is 6.98. The number of phenols is 1. The summed E-state index contributed by atoms with van der Waals surface area (Å²) in [5.41, 5.74) is 3.90. The van der Waals surface area contributed by atoms with E-state index in [1.54, 1.807) is 18.2 Å². The number of aromatic hydroxyl groups is 1. The Labute approximate surface area is 287 Å². The summed E-state index contributed by atoms with van der Waals surface area (Å²) in [6.07, 6.45) is 10.4. The van der Waals surface area contributed by atoms with Gasteiger partial charge in [-0.05, 0) is 85.0 Å². The SMILES string of the molecule is C#Cc1c(F)ccc2cc(O)cc(-c3cc4nc(OCC5(CN6C[C@]7(C)COC[C@]7(C)C6)CC5)nc(N5CC6CCC(C5)N6)c4cc3C)c12. The van der Waals surface area contributed by atoms with Crippen molar-refractivity contribution in [2.45, 2.75) is 58.5 Å². The van der Waals surface area contributed by atoms with Crippen LogP contribution in [0.2, 0.25) is 0 Å². The van der Waals surface area contributed by atoms with Crippen LogP contribution in [0.4, 0.5) is 10.2 Å². The summed E-state index contributed by atoms with van der Waals surface area (Å²) in [6.45, 7) is 13.9. The number of likely N-dealkylation sites (tertiary alicyclic amines) is 1. The fraction of sp³-hybridized carbons (Fsp3) is 0.500. The van der Waals surface area contributed by atoms with Crippen molar-refractivity contribution in [3.63, 3.8) is 0 Å². The van der Waals surface area contributed by atoms with Gasteiger partial charge in [-0.25, -0.2) is 4.39 Å². The average Bonchev–Trinajstić information content (AvgIpc) is 3.57. The molecule has 4 atom stereocenters. The van der Waals surface area contributed by atoms with Crippen LogP contribution in [0, 0.1) is 41.3 Å². The summed E-state index contributed by atoms with van der Waals surface area (Å²) in [6, 6.07) is 11.7. The molecule has 4 saturated heterocycles. The molecule has 4 aliphatic heterocycles. The van der Waals surface area contributed by atoms with Crippen LogP contribution < -0.4 is 15.0 Å². The van der Waals surface area contributed by atoms with Crippen LogP contribution in [0.5, 0.6) is 11.8 Å². The van der Waals surface area contributed by atoms with Crippen molar-refractivity contribution in [1.82, 2.24) is 20.2 Å². The highest BCUT2D eigenvalue weighted by Crippen LogP contribution is 2.54. The van der Waals surface area contributed by atoms with E-state index in [4.69, 9.17) is 25.9 Å². The van der Waals surface area contributed by atoms with Crippen LogP contribution in [-0.2, 0) is 4.74 Å². The first kappa shape index (κ1) is 31.0. The second-order valence-corrected chi connectivity index (χ2v) is 16.3. The van der Waals surface area contributed by atoms with E-state index in [2.05, 4.69) is 41.0 Å². The number of phenolic OH excluding ortho intramolecular Hbond substituents is 1. The van der Waals surface area contributed by atoms with Crippen LogP contribution in [0.15, 0.2) is 36.4 Å². The van der Waals surface area contributed by atoms with E-state index in [1.165, 1.54) is 18.9 Å². The minimum absolute atomic E-state index is 0.0899. The maximum Gasteiger partial charge on any atom is 0.318 e. The molecule has 2 unspecified atom stereocenters. The van der Waals surface area contributed by atoms with Gasteiger partial charge in [0, 0.05) is 71.8 Å². The lowest BCUT2D eigenvalue weighted by molar-refractivity contribution is 0.112. The van der Waals surface area contributed by atoms with Gasteiger partial charge in [-0.1, -0.05) is 25.8 Å². The number of aromatic nitrogens is 2. The second kappa shape index (κ2) is 11.0. The Morgan fingerprint density at radius 2 is 1.78 bits per heavy atom. The molecule has 1 saturated carbocycles. The fourth-order valence-electron chi connectivity index (χ4n) is 9.29. The molecule has 0 spiro atoms. The summed E-state index contributed by atoms with van der Waals surface area (Å²) in [7, 11) is 0. The van der Waals surface area contributed by atoms with Gasteiger partial charge in [0.2, 0.25) is 0 Å². The molecule has 3 aromatic carbocycles. The maximum absolute atomic E-state index is 15.0. The number of nitrogens with zero attached hydrogens (tertiary/aromatic N) is 4. The van der Waals surface area contributed by atoms with E-state index >= 15 is 0 Å². The van der Waals surface area contributed by atoms with Gasteiger partial charge in [-0.15, -0.1) is 6.42 Å².